The molecule has 1 N–H and O–H groups in total. The second kappa shape index (κ2) is 6.15. The lowest BCUT2D eigenvalue weighted by Crippen LogP contribution is -2.51. The summed E-state index contributed by atoms with van der Waals surface area (Å²) in [6, 6.07) is 17.5. The Morgan fingerprint density at radius 1 is 0.846 bits per heavy atom. The van der Waals surface area contributed by atoms with E-state index in [2.05, 4.69) is 5.32 Å². The van der Waals surface area contributed by atoms with E-state index in [4.69, 9.17) is 4.74 Å². The van der Waals surface area contributed by atoms with Crippen molar-refractivity contribution in [1.29, 1.82) is 0 Å². The Hall–Kier alpha value is -2.29. The van der Waals surface area contributed by atoms with E-state index < -0.39 is 0 Å². The number of amides is 1. The summed E-state index contributed by atoms with van der Waals surface area (Å²) in [7, 11) is 0. The molecule has 2 aromatic carbocycles. The summed E-state index contributed by atoms with van der Waals surface area (Å²) in [4.78, 5) is 13.3. The predicted octanol–water partition coefficient (Wildman–Crippen LogP) is 5.63. The van der Waals surface area contributed by atoms with Gasteiger partial charge in [0.15, 0.2) is 5.75 Å². The lowest BCUT2D eigenvalue weighted by Gasteiger charge is -2.55. The van der Waals surface area contributed by atoms with Crippen LogP contribution in [0.1, 0.15) is 38.5 Å². The Kier molecular flexibility index (Phi) is 3.77. The topological polar surface area (TPSA) is 38.3 Å². The zero-order valence-corrected chi connectivity index (χ0v) is 15.0. The van der Waals surface area contributed by atoms with Crippen LogP contribution in [-0.2, 0) is 4.79 Å². The molecule has 0 aromatic heterocycles. The average Bonchev–Trinajstić information content (AvgIpc) is 2.63. The van der Waals surface area contributed by atoms with Crippen molar-refractivity contribution in [3.8, 4) is 11.5 Å². The van der Waals surface area contributed by atoms with Crippen LogP contribution >= 0.6 is 0 Å². The van der Waals surface area contributed by atoms with Crippen molar-refractivity contribution in [3.05, 3.63) is 54.6 Å². The molecule has 0 spiro atoms. The normalized spacial score (nSPS) is 31.6. The Bertz CT molecular complexity index is 779. The van der Waals surface area contributed by atoms with Crippen molar-refractivity contribution in [2.75, 3.05) is 5.32 Å². The third kappa shape index (κ3) is 2.80. The number of nitrogens with one attached hydrogen (secondary N) is 1. The lowest BCUT2D eigenvalue weighted by atomic mass is 9.49. The third-order valence-electron chi connectivity index (χ3n) is 6.63. The van der Waals surface area contributed by atoms with Crippen LogP contribution in [0.4, 0.5) is 5.69 Å². The number of para-hydroxylation sites is 3. The molecule has 0 heterocycles. The second-order valence-electron chi connectivity index (χ2n) is 8.56. The van der Waals surface area contributed by atoms with Crippen LogP contribution in [0.25, 0.3) is 0 Å². The highest BCUT2D eigenvalue weighted by Gasteiger charge is 2.54. The van der Waals surface area contributed by atoms with Crippen LogP contribution in [0.2, 0.25) is 0 Å². The van der Waals surface area contributed by atoms with Crippen molar-refractivity contribution in [1.82, 2.24) is 0 Å². The molecule has 26 heavy (non-hydrogen) atoms. The summed E-state index contributed by atoms with van der Waals surface area (Å²) >= 11 is 0. The van der Waals surface area contributed by atoms with Crippen molar-refractivity contribution in [2.45, 2.75) is 38.5 Å². The summed E-state index contributed by atoms with van der Waals surface area (Å²) in [5.74, 6) is 4.00. The quantitative estimate of drug-likeness (QED) is 0.778. The van der Waals surface area contributed by atoms with Crippen LogP contribution in [0, 0.1) is 23.2 Å². The number of benzene rings is 2. The fraction of sp³-hybridized carbons (Fsp3) is 0.435. The van der Waals surface area contributed by atoms with Crippen molar-refractivity contribution >= 4 is 11.6 Å². The van der Waals surface area contributed by atoms with Crippen molar-refractivity contribution < 1.29 is 9.53 Å². The summed E-state index contributed by atoms with van der Waals surface area (Å²) in [5, 5.41) is 3.22. The first-order valence-electron chi connectivity index (χ1n) is 9.84. The third-order valence-corrected chi connectivity index (χ3v) is 6.63. The minimum absolute atomic E-state index is 0.144. The molecular formula is C23H25NO2. The van der Waals surface area contributed by atoms with E-state index in [0.29, 0.717) is 5.75 Å². The Labute approximate surface area is 154 Å². The molecule has 4 fully saturated rings. The van der Waals surface area contributed by atoms with Crippen LogP contribution in [0.5, 0.6) is 11.5 Å². The van der Waals surface area contributed by atoms with Crippen LogP contribution in [0.3, 0.4) is 0 Å². The first kappa shape index (κ1) is 15.9. The van der Waals surface area contributed by atoms with Gasteiger partial charge in [0, 0.05) is 0 Å². The van der Waals surface area contributed by atoms with Gasteiger partial charge in [0.1, 0.15) is 5.75 Å². The highest BCUT2D eigenvalue weighted by molar-refractivity contribution is 5.97. The number of carbonyl (C=O) groups excluding carboxylic acids is 1. The average molecular weight is 347 g/mol. The first-order chi connectivity index (χ1) is 12.7. The number of anilines is 1. The smallest absolute Gasteiger partial charge is 0.230 e. The maximum atomic E-state index is 13.3. The molecule has 0 atom stereocenters. The minimum Gasteiger partial charge on any atom is -0.455 e. The number of ether oxygens (including phenoxy) is 1. The molecule has 0 saturated heterocycles. The maximum Gasteiger partial charge on any atom is 0.230 e. The largest absolute Gasteiger partial charge is 0.455 e. The van der Waals surface area contributed by atoms with Gasteiger partial charge in [-0.3, -0.25) is 4.79 Å². The number of carbonyl (C=O) groups is 1. The van der Waals surface area contributed by atoms with Gasteiger partial charge >= 0.3 is 0 Å². The van der Waals surface area contributed by atoms with Gasteiger partial charge in [-0.15, -0.1) is 0 Å². The summed E-state index contributed by atoms with van der Waals surface area (Å²) in [6.45, 7) is 0. The van der Waals surface area contributed by atoms with Crippen LogP contribution < -0.4 is 10.1 Å². The van der Waals surface area contributed by atoms with E-state index in [-0.39, 0.29) is 11.3 Å². The fourth-order valence-corrected chi connectivity index (χ4v) is 5.92. The maximum absolute atomic E-state index is 13.3. The predicted molar refractivity (Wildman–Crippen MR) is 102 cm³/mol. The molecule has 134 valence electrons. The van der Waals surface area contributed by atoms with Gasteiger partial charge in [-0.05, 0) is 80.5 Å². The van der Waals surface area contributed by atoms with Crippen LogP contribution in [-0.4, -0.2) is 5.91 Å². The van der Waals surface area contributed by atoms with Gasteiger partial charge in [0.05, 0.1) is 11.1 Å². The van der Waals surface area contributed by atoms with Gasteiger partial charge in [0.2, 0.25) is 5.91 Å². The standard InChI is InChI=1S/C23H25NO2/c25-22(23-13-16-10-17(14-23)12-18(11-16)15-23)24-20-8-4-5-9-21(20)26-19-6-2-1-3-7-19/h1-9,16-18H,10-15H2,(H,24,25). The summed E-state index contributed by atoms with van der Waals surface area (Å²) in [5.41, 5.74) is 0.631. The molecule has 2 aromatic rings. The molecule has 4 aliphatic rings. The fourth-order valence-electron chi connectivity index (χ4n) is 5.92. The SMILES string of the molecule is O=C(Nc1ccccc1Oc1ccccc1)C12CC3CC(CC(C3)C1)C2. The van der Waals surface area contributed by atoms with Gasteiger partial charge in [-0.1, -0.05) is 30.3 Å². The van der Waals surface area contributed by atoms with E-state index in [1.165, 1.54) is 19.3 Å². The highest BCUT2D eigenvalue weighted by atomic mass is 16.5. The van der Waals surface area contributed by atoms with E-state index in [1.54, 1.807) is 0 Å². The van der Waals surface area contributed by atoms with Gasteiger partial charge in [-0.2, -0.15) is 0 Å². The van der Waals surface area contributed by atoms with Crippen molar-refractivity contribution in [2.24, 2.45) is 23.2 Å². The van der Waals surface area contributed by atoms with Gasteiger partial charge in [0.25, 0.3) is 0 Å². The molecule has 0 unspecified atom stereocenters. The number of hydrogen-bond donors (Lipinski definition) is 1. The number of hydrogen-bond acceptors (Lipinski definition) is 2. The summed E-state index contributed by atoms with van der Waals surface area (Å²) < 4.78 is 6.01. The van der Waals surface area contributed by atoms with Gasteiger partial charge < -0.3 is 10.1 Å². The molecule has 4 bridgehead atoms. The molecule has 6 rings (SSSR count). The molecular weight excluding hydrogens is 322 g/mol. The zero-order valence-electron chi connectivity index (χ0n) is 15.0. The van der Waals surface area contributed by atoms with E-state index in [0.717, 1.165) is 48.5 Å². The molecule has 3 heteroatoms. The summed E-state index contributed by atoms with van der Waals surface area (Å²) in [6.07, 6.45) is 7.27. The van der Waals surface area contributed by atoms with E-state index in [1.807, 2.05) is 54.6 Å². The Morgan fingerprint density at radius 3 is 2.08 bits per heavy atom. The first-order valence-corrected chi connectivity index (χ1v) is 9.84. The molecule has 0 aliphatic heterocycles. The lowest BCUT2D eigenvalue weighted by molar-refractivity contribution is -0.140. The van der Waals surface area contributed by atoms with E-state index >= 15 is 0 Å². The zero-order chi connectivity index (χ0) is 17.6. The minimum atomic E-state index is -0.144. The van der Waals surface area contributed by atoms with Gasteiger partial charge in [-0.25, -0.2) is 0 Å². The monoisotopic (exact) mass is 347 g/mol. The van der Waals surface area contributed by atoms with Crippen molar-refractivity contribution in [3.63, 3.8) is 0 Å². The Balaban J connectivity index is 1.37. The van der Waals surface area contributed by atoms with E-state index in [9.17, 15) is 4.79 Å². The number of rotatable bonds is 4. The highest BCUT2D eigenvalue weighted by Crippen LogP contribution is 2.60. The van der Waals surface area contributed by atoms with Crippen LogP contribution in [0.15, 0.2) is 54.6 Å². The Morgan fingerprint density at radius 2 is 1.42 bits per heavy atom. The molecule has 0 radical (unpaired) electrons. The molecule has 1 amide bonds. The molecule has 4 aliphatic carbocycles. The molecule has 3 nitrogen and oxygen atoms in total. The molecule has 4 saturated carbocycles. The second-order valence-corrected chi connectivity index (χ2v) is 8.56.